The fourth-order valence-corrected chi connectivity index (χ4v) is 9.36. The molecule has 430 valence electrons. The first kappa shape index (κ1) is 71.1. The first-order valence-corrected chi connectivity index (χ1v) is 32.3. The van der Waals surface area contributed by atoms with E-state index >= 15 is 0 Å². The normalized spacial score (nSPS) is 12.4. The van der Waals surface area contributed by atoms with Crippen LogP contribution in [-0.2, 0) is 28.6 Å². The lowest BCUT2D eigenvalue weighted by Gasteiger charge is -2.18. The van der Waals surface area contributed by atoms with Gasteiger partial charge in [0.15, 0.2) is 6.10 Å². The summed E-state index contributed by atoms with van der Waals surface area (Å²) in [5.74, 6) is -0.876. The molecule has 0 aliphatic carbocycles. The van der Waals surface area contributed by atoms with E-state index in [4.69, 9.17) is 14.2 Å². The van der Waals surface area contributed by atoms with E-state index in [-0.39, 0.29) is 31.1 Å². The summed E-state index contributed by atoms with van der Waals surface area (Å²) in [6, 6.07) is 0. The van der Waals surface area contributed by atoms with Crippen molar-refractivity contribution in [2.24, 2.45) is 0 Å². The number of allylic oxidation sites excluding steroid dienone is 10. The summed E-state index contributed by atoms with van der Waals surface area (Å²) in [7, 11) is 0. The van der Waals surface area contributed by atoms with Crippen LogP contribution in [0, 0.1) is 0 Å². The molecule has 0 amide bonds. The minimum atomic E-state index is -0.783. The molecule has 0 N–H and O–H groups in total. The van der Waals surface area contributed by atoms with Crippen LogP contribution in [0.3, 0.4) is 0 Å². The van der Waals surface area contributed by atoms with Crippen LogP contribution in [0.15, 0.2) is 60.8 Å². The van der Waals surface area contributed by atoms with Crippen LogP contribution in [-0.4, -0.2) is 37.2 Å². The molecular weight excluding hydrogens is 913 g/mol. The molecule has 6 heteroatoms. The molecule has 1 atom stereocenters. The monoisotopic (exact) mass is 1030 g/mol. The van der Waals surface area contributed by atoms with Crippen molar-refractivity contribution in [3.05, 3.63) is 60.8 Å². The number of hydrogen-bond donors (Lipinski definition) is 0. The Hall–Kier alpha value is -2.89. The molecule has 74 heavy (non-hydrogen) atoms. The van der Waals surface area contributed by atoms with Crippen molar-refractivity contribution in [3.63, 3.8) is 0 Å². The Labute approximate surface area is 460 Å². The minimum absolute atomic E-state index is 0.0777. The first-order valence-electron chi connectivity index (χ1n) is 32.3. The molecule has 0 saturated heterocycles. The van der Waals surface area contributed by atoms with Crippen molar-refractivity contribution in [1.82, 2.24) is 0 Å². The van der Waals surface area contributed by atoms with E-state index in [0.29, 0.717) is 19.3 Å². The van der Waals surface area contributed by atoms with Crippen molar-refractivity contribution in [2.75, 3.05) is 13.2 Å². The smallest absolute Gasteiger partial charge is 0.306 e. The molecule has 0 heterocycles. The van der Waals surface area contributed by atoms with Gasteiger partial charge in [-0.3, -0.25) is 14.4 Å². The predicted octanol–water partition coefficient (Wildman–Crippen LogP) is 21.9. The van der Waals surface area contributed by atoms with Crippen molar-refractivity contribution in [3.8, 4) is 0 Å². The number of rotatable bonds is 59. The Kier molecular flexibility index (Phi) is 60.2. The Balaban J connectivity index is 4.37. The Bertz CT molecular complexity index is 1330. The van der Waals surface area contributed by atoms with Crippen molar-refractivity contribution >= 4 is 17.9 Å². The first-order chi connectivity index (χ1) is 36.5. The number of unbranched alkanes of at least 4 members (excludes halogenated alkanes) is 38. The van der Waals surface area contributed by atoms with Gasteiger partial charge in [-0.05, 0) is 89.9 Å². The van der Waals surface area contributed by atoms with Crippen molar-refractivity contribution in [1.29, 1.82) is 0 Å². The molecule has 0 rings (SSSR count). The highest BCUT2D eigenvalue weighted by Gasteiger charge is 2.19. The lowest BCUT2D eigenvalue weighted by atomic mass is 10.0. The van der Waals surface area contributed by atoms with Gasteiger partial charge in [0.2, 0.25) is 0 Å². The van der Waals surface area contributed by atoms with E-state index in [9.17, 15) is 14.4 Å². The van der Waals surface area contributed by atoms with Gasteiger partial charge in [-0.2, -0.15) is 0 Å². The van der Waals surface area contributed by atoms with E-state index < -0.39 is 6.10 Å². The Morgan fingerprint density at radius 1 is 0.270 bits per heavy atom. The largest absolute Gasteiger partial charge is 0.462 e. The average Bonchev–Trinajstić information content (AvgIpc) is 3.40. The third kappa shape index (κ3) is 60.0. The second kappa shape index (κ2) is 62.6. The van der Waals surface area contributed by atoms with E-state index in [0.717, 1.165) is 89.9 Å². The van der Waals surface area contributed by atoms with Crippen molar-refractivity contribution < 1.29 is 28.6 Å². The SMILES string of the molecule is CCCCC/C=C\C/C=C\C/C=C\CCCCCCCCC(=O)OC(COC(=O)CCCCCCCCCCC/C=C\C/C=C\CCCCCCC)COC(=O)CCCCCCCCCCCCCCCCCC. The highest BCUT2D eigenvalue weighted by atomic mass is 16.6. The van der Waals surface area contributed by atoms with Gasteiger partial charge in [-0.15, -0.1) is 0 Å². The number of esters is 3. The molecule has 0 aromatic carbocycles. The zero-order valence-corrected chi connectivity index (χ0v) is 49.4. The molecule has 0 spiro atoms. The number of hydrogen-bond acceptors (Lipinski definition) is 6. The Morgan fingerprint density at radius 3 is 0.784 bits per heavy atom. The topological polar surface area (TPSA) is 78.9 Å². The van der Waals surface area contributed by atoms with Crippen LogP contribution >= 0.6 is 0 Å². The second-order valence-electron chi connectivity index (χ2n) is 21.7. The average molecular weight is 1040 g/mol. The third-order valence-electron chi connectivity index (χ3n) is 14.2. The number of carbonyl (C=O) groups excluding carboxylic acids is 3. The van der Waals surface area contributed by atoms with Crippen LogP contribution in [0.1, 0.15) is 335 Å². The number of carbonyl (C=O) groups is 3. The van der Waals surface area contributed by atoms with Crippen molar-refractivity contribution in [2.45, 2.75) is 341 Å². The number of ether oxygens (including phenoxy) is 3. The maximum Gasteiger partial charge on any atom is 0.306 e. The fourth-order valence-electron chi connectivity index (χ4n) is 9.36. The third-order valence-corrected chi connectivity index (χ3v) is 14.2. The van der Waals surface area contributed by atoms with E-state index in [1.807, 2.05) is 0 Å². The minimum Gasteiger partial charge on any atom is -0.462 e. The van der Waals surface area contributed by atoms with Crippen LogP contribution in [0.25, 0.3) is 0 Å². The molecule has 0 aliphatic heterocycles. The summed E-state index contributed by atoms with van der Waals surface area (Å²) >= 11 is 0. The van der Waals surface area contributed by atoms with Gasteiger partial charge in [-0.25, -0.2) is 0 Å². The standard InChI is InChI=1S/C68H122O6/c1-4-7-10-13-16-19-22-25-28-31-33-34-36-37-40-43-46-49-52-55-58-61-67(70)73-64-65(63-72-66(69)60-57-54-51-48-45-42-39-30-27-24-21-18-15-12-9-6-3)74-68(71)62-59-56-53-50-47-44-41-38-35-32-29-26-23-20-17-14-11-8-5-2/h17,20,22,25-26,29,31,33,35,38,65H,4-16,18-19,21,23-24,27-28,30,32,34,36-37,39-64H2,1-3H3/b20-17-,25-22-,29-26-,33-31-,38-35-. The lowest BCUT2D eigenvalue weighted by molar-refractivity contribution is -0.167. The maximum absolute atomic E-state index is 12.9. The van der Waals surface area contributed by atoms with Gasteiger partial charge in [-0.1, -0.05) is 287 Å². The van der Waals surface area contributed by atoms with Crippen LogP contribution < -0.4 is 0 Å². The van der Waals surface area contributed by atoms with Gasteiger partial charge >= 0.3 is 17.9 Å². The summed E-state index contributed by atoms with van der Waals surface area (Å²) in [4.78, 5) is 38.3. The molecule has 0 bridgehead atoms. The lowest BCUT2D eigenvalue weighted by Crippen LogP contribution is -2.30. The van der Waals surface area contributed by atoms with Gasteiger partial charge < -0.3 is 14.2 Å². The molecular formula is C68H122O6. The second-order valence-corrected chi connectivity index (χ2v) is 21.7. The molecule has 0 saturated carbocycles. The van der Waals surface area contributed by atoms with E-state index in [1.54, 1.807) is 0 Å². The van der Waals surface area contributed by atoms with E-state index in [2.05, 4.69) is 81.5 Å². The van der Waals surface area contributed by atoms with Crippen LogP contribution in [0.5, 0.6) is 0 Å². The molecule has 0 aliphatic rings. The van der Waals surface area contributed by atoms with Gasteiger partial charge in [0.1, 0.15) is 13.2 Å². The highest BCUT2D eigenvalue weighted by Crippen LogP contribution is 2.17. The molecule has 0 aromatic rings. The van der Waals surface area contributed by atoms with E-state index in [1.165, 1.54) is 205 Å². The van der Waals surface area contributed by atoms with Gasteiger partial charge in [0.05, 0.1) is 0 Å². The maximum atomic E-state index is 12.9. The zero-order chi connectivity index (χ0) is 53.6. The summed E-state index contributed by atoms with van der Waals surface area (Å²) in [5.41, 5.74) is 0. The summed E-state index contributed by atoms with van der Waals surface area (Å²) < 4.78 is 16.9. The molecule has 0 fully saturated rings. The summed E-state index contributed by atoms with van der Waals surface area (Å²) in [6.45, 7) is 6.64. The molecule has 0 aromatic heterocycles. The molecule has 0 radical (unpaired) electrons. The fraction of sp³-hybridized carbons (Fsp3) is 0.809. The predicted molar refractivity (Wildman–Crippen MR) is 321 cm³/mol. The highest BCUT2D eigenvalue weighted by molar-refractivity contribution is 5.71. The zero-order valence-electron chi connectivity index (χ0n) is 49.4. The molecule has 1 unspecified atom stereocenters. The van der Waals surface area contributed by atoms with Gasteiger partial charge in [0, 0.05) is 19.3 Å². The Morgan fingerprint density at radius 2 is 0.486 bits per heavy atom. The summed E-state index contributed by atoms with van der Waals surface area (Å²) in [5, 5.41) is 0. The quantitative estimate of drug-likeness (QED) is 0.0261. The van der Waals surface area contributed by atoms with Crippen LogP contribution in [0.2, 0.25) is 0 Å². The van der Waals surface area contributed by atoms with Gasteiger partial charge in [0.25, 0.3) is 0 Å². The van der Waals surface area contributed by atoms with Crippen LogP contribution in [0.4, 0.5) is 0 Å². The molecule has 6 nitrogen and oxygen atoms in total. The summed E-state index contributed by atoms with van der Waals surface area (Å²) in [6.07, 6.45) is 79.3.